The van der Waals surface area contributed by atoms with Crippen LogP contribution < -0.4 is 10.6 Å². The second kappa shape index (κ2) is 6.25. The molecule has 0 radical (unpaired) electrons. The van der Waals surface area contributed by atoms with Gasteiger partial charge in [-0.3, -0.25) is 4.79 Å². The van der Waals surface area contributed by atoms with Gasteiger partial charge in [0.1, 0.15) is 0 Å². The third kappa shape index (κ3) is 4.79. The number of carbonyl (C=O) groups excluding carboxylic acids is 1. The lowest BCUT2D eigenvalue weighted by molar-refractivity contribution is -0.123. The fraction of sp³-hybridized carbons (Fsp3) is 0.938. The standard InChI is InChI=1S/C16H30N2O/c1-12-7-13(10-16(2,3)9-12)8-15(19)18-14-5-4-6-17-11-14/h12-14,17H,4-11H2,1-3H3,(H,18,19)/t12?,13?,14-/m0/s1. The van der Waals surface area contributed by atoms with Crippen LogP contribution in [-0.2, 0) is 4.79 Å². The first kappa shape index (κ1) is 14.8. The van der Waals surface area contributed by atoms with Crippen molar-refractivity contribution in [3.05, 3.63) is 0 Å². The summed E-state index contributed by atoms with van der Waals surface area (Å²) in [6.07, 6.45) is 6.76. The van der Waals surface area contributed by atoms with Crippen molar-refractivity contribution in [3.8, 4) is 0 Å². The van der Waals surface area contributed by atoms with E-state index in [-0.39, 0.29) is 5.91 Å². The normalized spacial score (nSPS) is 34.8. The Hall–Kier alpha value is -0.570. The molecule has 0 spiro atoms. The highest BCUT2D eigenvalue weighted by atomic mass is 16.1. The number of hydrogen-bond donors (Lipinski definition) is 2. The number of rotatable bonds is 3. The summed E-state index contributed by atoms with van der Waals surface area (Å²) in [4.78, 5) is 12.2. The summed E-state index contributed by atoms with van der Waals surface area (Å²) in [5.41, 5.74) is 0.412. The van der Waals surface area contributed by atoms with Gasteiger partial charge in [-0.15, -0.1) is 0 Å². The lowest BCUT2D eigenvalue weighted by Gasteiger charge is -2.39. The van der Waals surface area contributed by atoms with Gasteiger partial charge in [-0.25, -0.2) is 0 Å². The Morgan fingerprint density at radius 3 is 2.79 bits per heavy atom. The summed E-state index contributed by atoms with van der Waals surface area (Å²) in [6, 6.07) is 0.357. The van der Waals surface area contributed by atoms with E-state index in [1.54, 1.807) is 0 Å². The van der Waals surface area contributed by atoms with Crippen LogP contribution in [0.2, 0.25) is 0 Å². The van der Waals surface area contributed by atoms with Gasteiger partial charge in [0.2, 0.25) is 5.91 Å². The van der Waals surface area contributed by atoms with Crippen LogP contribution in [0.5, 0.6) is 0 Å². The minimum Gasteiger partial charge on any atom is -0.352 e. The maximum atomic E-state index is 12.2. The molecular weight excluding hydrogens is 236 g/mol. The molecular formula is C16H30N2O. The van der Waals surface area contributed by atoms with E-state index in [1.807, 2.05) is 0 Å². The molecule has 1 amide bonds. The number of carbonyl (C=O) groups is 1. The van der Waals surface area contributed by atoms with Gasteiger partial charge < -0.3 is 10.6 Å². The molecule has 110 valence electrons. The summed E-state index contributed by atoms with van der Waals surface area (Å²) >= 11 is 0. The van der Waals surface area contributed by atoms with E-state index in [9.17, 15) is 4.79 Å². The van der Waals surface area contributed by atoms with Crippen molar-refractivity contribution in [1.29, 1.82) is 0 Å². The van der Waals surface area contributed by atoms with Gasteiger partial charge in [0.05, 0.1) is 0 Å². The average Bonchev–Trinajstić information content (AvgIpc) is 2.26. The SMILES string of the molecule is CC1CC(CC(=O)N[C@H]2CCCNC2)CC(C)(C)C1. The third-order valence-electron chi connectivity index (χ3n) is 4.61. The molecule has 0 aromatic carbocycles. The highest BCUT2D eigenvalue weighted by molar-refractivity contribution is 5.76. The molecule has 2 aliphatic rings. The molecule has 1 heterocycles. The van der Waals surface area contributed by atoms with Gasteiger partial charge in [-0.2, -0.15) is 0 Å². The van der Waals surface area contributed by atoms with Gasteiger partial charge in [0, 0.05) is 19.0 Å². The van der Waals surface area contributed by atoms with Crippen molar-refractivity contribution in [2.45, 2.75) is 65.3 Å². The average molecular weight is 266 g/mol. The molecule has 2 N–H and O–H groups in total. The molecule has 1 aliphatic heterocycles. The van der Waals surface area contributed by atoms with E-state index in [0.717, 1.165) is 31.8 Å². The molecule has 2 unspecified atom stereocenters. The van der Waals surface area contributed by atoms with Crippen molar-refractivity contribution in [3.63, 3.8) is 0 Å². The molecule has 2 rings (SSSR count). The molecule has 3 nitrogen and oxygen atoms in total. The molecule has 0 aromatic heterocycles. The van der Waals surface area contributed by atoms with Crippen molar-refractivity contribution in [1.82, 2.24) is 10.6 Å². The van der Waals surface area contributed by atoms with E-state index < -0.39 is 0 Å². The minimum absolute atomic E-state index is 0.267. The molecule has 0 aromatic rings. The van der Waals surface area contributed by atoms with Crippen LogP contribution in [0.3, 0.4) is 0 Å². The lowest BCUT2D eigenvalue weighted by atomic mass is 9.67. The molecule has 2 fully saturated rings. The summed E-state index contributed by atoms with van der Waals surface area (Å²) in [5.74, 6) is 1.61. The number of amides is 1. The Balaban J connectivity index is 1.78. The summed E-state index contributed by atoms with van der Waals surface area (Å²) in [5, 5.41) is 6.56. The largest absolute Gasteiger partial charge is 0.352 e. The molecule has 0 bridgehead atoms. The summed E-state index contributed by atoms with van der Waals surface area (Å²) in [6.45, 7) is 9.06. The molecule has 1 aliphatic carbocycles. The zero-order valence-electron chi connectivity index (χ0n) is 12.8. The van der Waals surface area contributed by atoms with Crippen LogP contribution >= 0.6 is 0 Å². The molecule has 1 saturated carbocycles. The quantitative estimate of drug-likeness (QED) is 0.824. The maximum absolute atomic E-state index is 12.2. The summed E-state index contributed by atoms with van der Waals surface area (Å²) < 4.78 is 0. The highest BCUT2D eigenvalue weighted by Crippen LogP contribution is 2.42. The van der Waals surface area contributed by atoms with E-state index >= 15 is 0 Å². The van der Waals surface area contributed by atoms with Crippen molar-refractivity contribution >= 4 is 5.91 Å². The zero-order valence-corrected chi connectivity index (χ0v) is 12.8. The minimum atomic E-state index is 0.267. The van der Waals surface area contributed by atoms with Crippen LogP contribution in [0.15, 0.2) is 0 Å². The topological polar surface area (TPSA) is 41.1 Å². The first-order valence-electron chi connectivity index (χ1n) is 7.95. The fourth-order valence-electron chi connectivity index (χ4n) is 4.22. The van der Waals surface area contributed by atoms with Crippen LogP contribution in [0, 0.1) is 17.3 Å². The number of nitrogens with one attached hydrogen (secondary N) is 2. The maximum Gasteiger partial charge on any atom is 0.220 e. The van der Waals surface area contributed by atoms with E-state index in [2.05, 4.69) is 31.4 Å². The summed E-state index contributed by atoms with van der Waals surface area (Å²) in [7, 11) is 0. The van der Waals surface area contributed by atoms with Gasteiger partial charge in [0.15, 0.2) is 0 Å². The fourth-order valence-corrected chi connectivity index (χ4v) is 4.22. The number of hydrogen-bond acceptors (Lipinski definition) is 2. The second-order valence-corrected chi connectivity index (χ2v) is 7.59. The Morgan fingerprint density at radius 1 is 1.37 bits per heavy atom. The Bertz CT molecular complexity index is 308. The predicted octanol–water partition coefficient (Wildman–Crippen LogP) is 2.71. The van der Waals surface area contributed by atoms with Crippen LogP contribution in [0.25, 0.3) is 0 Å². The third-order valence-corrected chi connectivity index (χ3v) is 4.61. The van der Waals surface area contributed by atoms with Gasteiger partial charge in [-0.1, -0.05) is 20.8 Å². The lowest BCUT2D eigenvalue weighted by Crippen LogP contribution is -2.46. The zero-order chi connectivity index (χ0) is 13.9. The van der Waals surface area contributed by atoms with Crippen LogP contribution in [-0.4, -0.2) is 25.0 Å². The molecule has 3 atom stereocenters. The van der Waals surface area contributed by atoms with Crippen molar-refractivity contribution in [2.24, 2.45) is 17.3 Å². The smallest absolute Gasteiger partial charge is 0.220 e. The van der Waals surface area contributed by atoms with E-state index in [0.29, 0.717) is 17.4 Å². The highest BCUT2D eigenvalue weighted by Gasteiger charge is 2.33. The predicted molar refractivity (Wildman–Crippen MR) is 78.9 cm³/mol. The van der Waals surface area contributed by atoms with E-state index in [1.165, 1.54) is 25.7 Å². The van der Waals surface area contributed by atoms with Gasteiger partial charge >= 0.3 is 0 Å². The van der Waals surface area contributed by atoms with Gasteiger partial charge in [-0.05, 0) is 55.9 Å². The van der Waals surface area contributed by atoms with Gasteiger partial charge in [0.25, 0.3) is 0 Å². The monoisotopic (exact) mass is 266 g/mol. The van der Waals surface area contributed by atoms with Crippen LogP contribution in [0.1, 0.15) is 59.3 Å². The Morgan fingerprint density at radius 2 is 2.16 bits per heavy atom. The molecule has 1 saturated heterocycles. The van der Waals surface area contributed by atoms with Crippen molar-refractivity contribution in [2.75, 3.05) is 13.1 Å². The van der Waals surface area contributed by atoms with E-state index in [4.69, 9.17) is 0 Å². The molecule has 19 heavy (non-hydrogen) atoms. The Kier molecular flexibility index (Phi) is 4.88. The first-order chi connectivity index (χ1) is 8.94. The number of piperidine rings is 1. The Labute approximate surface area is 117 Å². The second-order valence-electron chi connectivity index (χ2n) is 7.59. The molecule has 3 heteroatoms. The first-order valence-corrected chi connectivity index (χ1v) is 7.95. The van der Waals surface area contributed by atoms with Crippen molar-refractivity contribution < 1.29 is 4.79 Å². The van der Waals surface area contributed by atoms with Crippen LogP contribution in [0.4, 0.5) is 0 Å².